The summed E-state index contributed by atoms with van der Waals surface area (Å²) >= 11 is 3.84. The molecule has 0 N–H and O–H groups in total. The van der Waals surface area contributed by atoms with E-state index >= 15 is 0 Å². The average molecular weight is 706 g/mol. The van der Waals surface area contributed by atoms with E-state index in [1.165, 1.54) is 50.6 Å². The third-order valence-corrected chi connectivity index (χ3v) is 9.53. The monoisotopic (exact) mass is 704 g/mol. The molecule has 49 heavy (non-hydrogen) atoms. The van der Waals surface area contributed by atoms with Crippen molar-refractivity contribution in [1.82, 2.24) is 0 Å². The molecule has 2 atom stereocenters. The van der Waals surface area contributed by atoms with Crippen LogP contribution in [0.4, 0.5) is 22.7 Å². The molecule has 2 nitrogen and oxygen atoms in total. The van der Waals surface area contributed by atoms with Gasteiger partial charge in [0, 0.05) is 38.8 Å². The highest BCUT2D eigenvalue weighted by atomic mass is 79.9. The standard InChI is InChI=1S/C42H33BrN2.2C2H6/c43-34-27-33(28-38(29-34)44(35-14-3-1-4-15-35)36-16-5-2-6-17-36)32-13-11-12-31(26-32)30-22-24-37(25-23-30)45-41-20-9-7-18-39(41)40-19-8-10-21-42(40)45;2*1-2/h1-5,7-16,18-29,39,41H,6,17H2;2*1-2H3. The summed E-state index contributed by atoms with van der Waals surface area (Å²) < 4.78 is 1.06. The van der Waals surface area contributed by atoms with E-state index < -0.39 is 0 Å². The zero-order valence-electron chi connectivity index (χ0n) is 28.9. The zero-order valence-corrected chi connectivity index (χ0v) is 30.5. The minimum absolute atomic E-state index is 0.308. The molecule has 0 radical (unpaired) electrons. The molecule has 0 spiro atoms. The van der Waals surface area contributed by atoms with E-state index in [2.05, 4.69) is 190 Å². The van der Waals surface area contributed by atoms with Gasteiger partial charge >= 0.3 is 0 Å². The zero-order chi connectivity index (χ0) is 34.2. The number of benzene rings is 5. The molecule has 2 aliphatic carbocycles. The molecule has 246 valence electrons. The van der Waals surface area contributed by atoms with Crippen LogP contribution in [0.2, 0.25) is 0 Å². The first kappa shape index (κ1) is 34.0. The average Bonchev–Trinajstić information content (AvgIpc) is 3.52. The van der Waals surface area contributed by atoms with Crippen molar-refractivity contribution in [2.45, 2.75) is 52.5 Å². The summed E-state index contributed by atoms with van der Waals surface area (Å²) in [5, 5.41) is 0. The Labute approximate surface area is 301 Å². The van der Waals surface area contributed by atoms with Crippen molar-refractivity contribution in [2.24, 2.45) is 0 Å². The maximum absolute atomic E-state index is 3.84. The quantitative estimate of drug-likeness (QED) is 0.174. The Hall–Kier alpha value is -4.86. The number of nitrogens with zero attached hydrogens (tertiary/aromatic N) is 2. The van der Waals surface area contributed by atoms with Gasteiger partial charge in [-0.25, -0.2) is 0 Å². The number of fused-ring (bicyclic) bond motifs is 3. The van der Waals surface area contributed by atoms with E-state index in [1.54, 1.807) is 0 Å². The molecule has 0 amide bonds. The predicted octanol–water partition coefficient (Wildman–Crippen LogP) is 13.9. The number of hydrogen-bond acceptors (Lipinski definition) is 2. The lowest BCUT2D eigenvalue weighted by Crippen LogP contribution is -2.28. The SMILES string of the molecule is Brc1cc(-c2cccc(-c3ccc(N4c5ccccc5C5C=CC=CC54)cc3)c2)cc(N(C2=CC=CCC2)c2ccccc2)c1.CC.CC. The molecule has 3 aliphatic rings. The van der Waals surface area contributed by atoms with Gasteiger partial charge in [-0.05, 0) is 101 Å². The lowest BCUT2D eigenvalue weighted by atomic mass is 9.91. The summed E-state index contributed by atoms with van der Waals surface area (Å²) in [7, 11) is 0. The van der Waals surface area contributed by atoms with E-state index in [0.717, 1.165) is 23.0 Å². The molecule has 1 heterocycles. The second-order valence-electron chi connectivity index (χ2n) is 11.8. The summed E-state index contributed by atoms with van der Waals surface area (Å²) in [6, 6.07) is 44.5. The summed E-state index contributed by atoms with van der Waals surface area (Å²) in [5.41, 5.74) is 12.3. The van der Waals surface area contributed by atoms with E-state index in [4.69, 9.17) is 0 Å². The van der Waals surface area contributed by atoms with Gasteiger partial charge in [-0.15, -0.1) is 0 Å². The van der Waals surface area contributed by atoms with Gasteiger partial charge < -0.3 is 9.80 Å². The highest BCUT2D eigenvalue weighted by molar-refractivity contribution is 9.10. The predicted molar refractivity (Wildman–Crippen MR) is 216 cm³/mol. The molecule has 0 saturated heterocycles. The highest BCUT2D eigenvalue weighted by Crippen LogP contribution is 2.47. The largest absolute Gasteiger partial charge is 0.333 e. The number of halogens is 1. The molecule has 0 fully saturated rings. The van der Waals surface area contributed by atoms with E-state index in [-0.39, 0.29) is 0 Å². The second-order valence-corrected chi connectivity index (χ2v) is 12.8. The third kappa shape index (κ3) is 7.14. The van der Waals surface area contributed by atoms with Crippen molar-refractivity contribution in [2.75, 3.05) is 9.80 Å². The number of anilines is 4. The van der Waals surface area contributed by atoms with Crippen molar-refractivity contribution < 1.29 is 0 Å². The fourth-order valence-corrected chi connectivity index (χ4v) is 7.47. The first-order valence-corrected chi connectivity index (χ1v) is 18.5. The van der Waals surface area contributed by atoms with Crippen LogP contribution in [0.25, 0.3) is 22.3 Å². The Morgan fingerprint density at radius 3 is 2.08 bits per heavy atom. The van der Waals surface area contributed by atoms with Gasteiger partial charge in [0.2, 0.25) is 0 Å². The van der Waals surface area contributed by atoms with Crippen LogP contribution in [-0.4, -0.2) is 6.04 Å². The number of para-hydroxylation sites is 2. The van der Waals surface area contributed by atoms with Gasteiger partial charge in [0.25, 0.3) is 0 Å². The summed E-state index contributed by atoms with van der Waals surface area (Å²) in [6.45, 7) is 8.00. The molecule has 2 unspecified atom stereocenters. The van der Waals surface area contributed by atoms with Crippen LogP contribution in [0.15, 0.2) is 174 Å². The van der Waals surface area contributed by atoms with Gasteiger partial charge in [0.15, 0.2) is 0 Å². The van der Waals surface area contributed by atoms with Crippen LogP contribution in [-0.2, 0) is 0 Å². The van der Waals surface area contributed by atoms with Crippen molar-refractivity contribution in [3.63, 3.8) is 0 Å². The first-order chi connectivity index (χ1) is 24.2. The molecule has 5 aromatic rings. The van der Waals surface area contributed by atoms with E-state index in [9.17, 15) is 0 Å². The maximum atomic E-state index is 3.84. The minimum atomic E-state index is 0.308. The van der Waals surface area contributed by atoms with Crippen molar-refractivity contribution in [3.8, 4) is 22.3 Å². The van der Waals surface area contributed by atoms with Crippen molar-refractivity contribution in [1.29, 1.82) is 0 Å². The number of allylic oxidation sites excluding steroid dienone is 6. The highest BCUT2D eigenvalue weighted by Gasteiger charge is 2.36. The topological polar surface area (TPSA) is 6.48 Å². The molecule has 0 aromatic heterocycles. The summed E-state index contributed by atoms with van der Waals surface area (Å²) in [4.78, 5) is 4.87. The molecule has 8 rings (SSSR count). The maximum Gasteiger partial charge on any atom is 0.0629 e. The lowest BCUT2D eigenvalue weighted by Gasteiger charge is -2.29. The molecule has 0 bridgehead atoms. The van der Waals surface area contributed by atoms with E-state index in [0.29, 0.717) is 12.0 Å². The second kappa shape index (κ2) is 16.0. The molecule has 3 heteroatoms. The summed E-state index contributed by atoms with van der Waals surface area (Å²) in [6.07, 6.45) is 17.7. The number of rotatable bonds is 6. The van der Waals surface area contributed by atoms with Crippen LogP contribution in [0, 0.1) is 0 Å². The molecule has 5 aromatic carbocycles. The van der Waals surface area contributed by atoms with Gasteiger partial charge in [-0.1, -0.05) is 147 Å². The summed E-state index contributed by atoms with van der Waals surface area (Å²) in [5.74, 6) is 0.390. The van der Waals surface area contributed by atoms with Gasteiger partial charge in [-0.3, -0.25) is 0 Å². The first-order valence-electron chi connectivity index (χ1n) is 17.7. The molecule has 1 aliphatic heterocycles. The van der Waals surface area contributed by atoms with Crippen molar-refractivity contribution >= 4 is 38.7 Å². The fraction of sp³-hybridized carbons (Fsp3) is 0.174. The van der Waals surface area contributed by atoms with Gasteiger partial charge in [0.05, 0.1) is 6.04 Å². The Kier molecular flexibility index (Phi) is 11.1. The van der Waals surface area contributed by atoms with Crippen LogP contribution >= 0.6 is 15.9 Å². The van der Waals surface area contributed by atoms with Crippen LogP contribution in [0.5, 0.6) is 0 Å². The smallest absolute Gasteiger partial charge is 0.0629 e. The minimum Gasteiger partial charge on any atom is -0.333 e. The number of hydrogen-bond donors (Lipinski definition) is 0. The Balaban J connectivity index is 0.00000101. The fourth-order valence-electron chi connectivity index (χ4n) is 6.99. The van der Waals surface area contributed by atoms with Crippen LogP contribution in [0.3, 0.4) is 0 Å². The van der Waals surface area contributed by atoms with Crippen molar-refractivity contribution in [3.05, 3.63) is 180 Å². The lowest BCUT2D eigenvalue weighted by molar-refractivity contribution is 0.745. The molecular formula is C46H45BrN2. The Morgan fingerprint density at radius 1 is 0.612 bits per heavy atom. The third-order valence-electron chi connectivity index (χ3n) is 9.07. The Bertz CT molecular complexity index is 1980. The van der Waals surface area contributed by atoms with E-state index in [1.807, 2.05) is 27.7 Å². The molecule has 0 saturated carbocycles. The van der Waals surface area contributed by atoms with Crippen LogP contribution in [0.1, 0.15) is 52.0 Å². The Morgan fingerprint density at radius 2 is 1.33 bits per heavy atom. The van der Waals surface area contributed by atoms with Gasteiger partial charge in [0.1, 0.15) is 0 Å². The van der Waals surface area contributed by atoms with Gasteiger partial charge in [-0.2, -0.15) is 0 Å². The normalized spacial score (nSPS) is 16.8. The van der Waals surface area contributed by atoms with Crippen LogP contribution < -0.4 is 9.80 Å². The molecular weight excluding hydrogens is 660 g/mol.